The predicted molar refractivity (Wildman–Crippen MR) is 82.4 cm³/mol. The van der Waals surface area contributed by atoms with Crippen LogP contribution >= 0.6 is 24.8 Å². The molecule has 0 saturated heterocycles. The second kappa shape index (κ2) is 8.99. The van der Waals surface area contributed by atoms with Gasteiger partial charge in [0.05, 0.1) is 6.61 Å². The summed E-state index contributed by atoms with van der Waals surface area (Å²) in [7, 11) is 0. The van der Waals surface area contributed by atoms with Gasteiger partial charge in [0.1, 0.15) is 0 Å². The second-order valence-corrected chi connectivity index (χ2v) is 4.50. The number of allylic oxidation sites excluding steroid dienone is 4. The van der Waals surface area contributed by atoms with Crippen LogP contribution < -0.4 is 0 Å². The molecule has 0 fully saturated rings. The van der Waals surface area contributed by atoms with Crippen LogP contribution in [-0.2, 0) is 28.3 Å². The van der Waals surface area contributed by atoms with Crippen molar-refractivity contribution in [1.82, 2.24) is 0 Å². The molecular formula is C15H20Cl2OTi. The maximum absolute atomic E-state index is 9.36. The molecule has 0 saturated carbocycles. The van der Waals surface area contributed by atoms with Crippen molar-refractivity contribution in [1.29, 1.82) is 0 Å². The van der Waals surface area contributed by atoms with Crippen molar-refractivity contribution in [2.45, 2.75) is 33.8 Å². The van der Waals surface area contributed by atoms with Gasteiger partial charge in [0.2, 0.25) is 0 Å². The Bertz CT molecular complexity index is 493. The zero-order valence-electron chi connectivity index (χ0n) is 11.5. The Morgan fingerprint density at radius 2 is 1.58 bits per heavy atom. The van der Waals surface area contributed by atoms with E-state index in [0.29, 0.717) is 0 Å². The zero-order valence-corrected chi connectivity index (χ0v) is 14.7. The Hall–Kier alpha value is -0.0457. The van der Waals surface area contributed by atoms with E-state index < -0.39 is 0 Å². The molecule has 0 heterocycles. The van der Waals surface area contributed by atoms with Crippen LogP contribution in [0.3, 0.4) is 0 Å². The van der Waals surface area contributed by atoms with Crippen molar-refractivity contribution in [3.63, 3.8) is 0 Å². The molecule has 0 radical (unpaired) electrons. The van der Waals surface area contributed by atoms with Crippen LogP contribution in [-0.4, -0.2) is 5.11 Å². The standard InChI is InChI=1S/C15H18O.2ClH.Ti/c1-10-8-15(12(3)11(10)2)14-7-5-4-6-13(14)9-16;;;/h4-7,16H,8-9H2,1-3H3;2*1H;. The Labute approximate surface area is 142 Å². The summed E-state index contributed by atoms with van der Waals surface area (Å²) in [5.41, 5.74) is 7.83. The van der Waals surface area contributed by atoms with Crippen molar-refractivity contribution < 1.29 is 26.8 Å². The molecule has 0 amide bonds. The number of hydrogen-bond acceptors (Lipinski definition) is 1. The zero-order chi connectivity index (χ0) is 11.7. The van der Waals surface area contributed by atoms with Gasteiger partial charge in [0.15, 0.2) is 0 Å². The Kier molecular flexibility index (Phi) is 10.1. The van der Waals surface area contributed by atoms with Crippen LogP contribution in [0.2, 0.25) is 0 Å². The molecular weight excluding hydrogens is 315 g/mol. The predicted octanol–water partition coefficient (Wildman–Crippen LogP) is 4.53. The summed E-state index contributed by atoms with van der Waals surface area (Å²) in [5.74, 6) is 0. The van der Waals surface area contributed by atoms with Crippen molar-refractivity contribution in [2.24, 2.45) is 0 Å². The fourth-order valence-electron chi connectivity index (χ4n) is 2.33. The first-order valence-corrected chi connectivity index (χ1v) is 5.70. The van der Waals surface area contributed by atoms with E-state index >= 15 is 0 Å². The molecule has 19 heavy (non-hydrogen) atoms. The fourth-order valence-corrected chi connectivity index (χ4v) is 2.33. The molecule has 0 aromatic heterocycles. The quantitative estimate of drug-likeness (QED) is 0.787. The minimum Gasteiger partial charge on any atom is -0.392 e. The van der Waals surface area contributed by atoms with Gasteiger partial charge < -0.3 is 5.11 Å². The van der Waals surface area contributed by atoms with Gasteiger partial charge in [-0.05, 0) is 55.0 Å². The van der Waals surface area contributed by atoms with Crippen molar-refractivity contribution >= 4 is 30.4 Å². The number of rotatable bonds is 2. The second-order valence-electron chi connectivity index (χ2n) is 4.50. The molecule has 104 valence electrons. The molecule has 0 aliphatic heterocycles. The van der Waals surface area contributed by atoms with Crippen molar-refractivity contribution in [3.05, 3.63) is 52.1 Å². The van der Waals surface area contributed by atoms with Crippen molar-refractivity contribution in [2.75, 3.05) is 0 Å². The van der Waals surface area contributed by atoms with E-state index in [9.17, 15) is 5.11 Å². The normalized spacial score (nSPS) is 13.7. The average molecular weight is 335 g/mol. The Balaban J connectivity index is 0. The van der Waals surface area contributed by atoms with E-state index in [1.54, 1.807) is 0 Å². The van der Waals surface area contributed by atoms with E-state index in [2.05, 4.69) is 26.8 Å². The smallest absolute Gasteiger partial charge is 0.0687 e. The third-order valence-corrected chi connectivity index (χ3v) is 3.61. The van der Waals surface area contributed by atoms with Gasteiger partial charge in [-0.2, -0.15) is 0 Å². The van der Waals surface area contributed by atoms with Crippen LogP contribution in [0.5, 0.6) is 0 Å². The number of halogens is 2. The summed E-state index contributed by atoms with van der Waals surface area (Å²) < 4.78 is 0. The van der Waals surface area contributed by atoms with Gasteiger partial charge in [0.25, 0.3) is 0 Å². The van der Waals surface area contributed by atoms with Gasteiger partial charge in [-0.15, -0.1) is 24.8 Å². The Morgan fingerprint density at radius 1 is 1.00 bits per heavy atom. The number of hydrogen-bond donors (Lipinski definition) is 1. The molecule has 0 bridgehead atoms. The molecule has 2 rings (SSSR count). The van der Waals surface area contributed by atoms with E-state index in [4.69, 9.17) is 0 Å². The first-order valence-electron chi connectivity index (χ1n) is 5.70. The van der Waals surface area contributed by atoms with Gasteiger partial charge in [-0.1, -0.05) is 29.8 Å². The molecule has 1 nitrogen and oxygen atoms in total. The molecule has 1 aromatic carbocycles. The van der Waals surface area contributed by atoms with E-state index in [1.807, 2.05) is 18.2 Å². The van der Waals surface area contributed by atoms with Crippen molar-refractivity contribution in [3.8, 4) is 0 Å². The van der Waals surface area contributed by atoms with Crippen LogP contribution in [0.1, 0.15) is 38.3 Å². The van der Waals surface area contributed by atoms with Gasteiger partial charge in [-0.3, -0.25) is 0 Å². The number of aliphatic hydroxyl groups excluding tert-OH is 1. The summed E-state index contributed by atoms with van der Waals surface area (Å²) in [5, 5.41) is 9.36. The van der Waals surface area contributed by atoms with E-state index in [1.165, 1.54) is 27.9 Å². The maximum Gasteiger partial charge on any atom is 0.0687 e. The SMILES string of the molecule is CC1=C(C)C(C)=C(c2ccccc2CO)C1.Cl.Cl.[Ti]. The largest absolute Gasteiger partial charge is 0.392 e. The summed E-state index contributed by atoms with van der Waals surface area (Å²) >= 11 is 0. The molecule has 1 aromatic rings. The molecule has 4 heteroatoms. The summed E-state index contributed by atoms with van der Waals surface area (Å²) in [6.07, 6.45) is 1.02. The van der Waals surface area contributed by atoms with Gasteiger partial charge in [0, 0.05) is 21.7 Å². The monoisotopic (exact) mass is 334 g/mol. The van der Waals surface area contributed by atoms with Crippen LogP contribution in [0.15, 0.2) is 41.0 Å². The number of benzene rings is 1. The molecule has 0 atom stereocenters. The maximum atomic E-state index is 9.36. The third-order valence-electron chi connectivity index (χ3n) is 3.61. The summed E-state index contributed by atoms with van der Waals surface area (Å²) in [4.78, 5) is 0. The summed E-state index contributed by atoms with van der Waals surface area (Å²) in [6, 6.07) is 8.12. The molecule has 0 spiro atoms. The average Bonchev–Trinajstić information content (AvgIpc) is 2.57. The third kappa shape index (κ3) is 4.21. The Morgan fingerprint density at radius 3 is 2.05 bits per heavy atom. The molecule has 1 aliphatic carbocycles. The fraction of sp³-hybridized carbons (Fsp3) is 0.333. The van der Waals surface area contributed by atoms with Gasteiger partial charge in [-0.25, -0.2) is 0 Å². The molecule has 0 unspecified atom stereocenters. The first-order chi connectivity index (χ1) is 7.65. The minimum atomic E-state index is 0. The van der Waals surface area contributed by atoms with Crippen LogP contribution in [0, 0.1) is 0 Å². The number of aliphatic hydroxyl groups is 1. The summed E-state index contributed by atoms with van der Waals surface area (Å²) in [6.45, 7) is 6.66. The van der Waals surface area contributed by atoms with Crippen LogP contribution in [0.25, 0.3) is 5.57 Å². The van der Waals surface area contributed by atoms with Crippen LogP contribution in [0.4, 0.5) is 0 Å². The van der Waals surface area contributed by atoms with Gasteiger partial charge >= 0.3 is 0 Å². The topological polar surface area (TPSA) is 20.2 Å². The minimum absolute atomic E-state index is 0. The first kappa shape index (κ1) is 21.3. The molecule has 1 aliphatic rings. The van der Waals surface area contributed by atoms with E-state index in [0.717, 1.165) is 12.0 Å². The molecule has 1 N–H and O–H groups in total. The van der Waals surface area contributed by atoms with E-state index in [-0.39, 0.29) is 53.1 Å².